The molecule has 0 aliphatic rings. The Morgan fingerprint density at radius 3 is 2.52 bits per heavy atom. The number of nitrogens with zero attached hydrogens (tertiary/aromatic N) is 3. The number of hydrogen-bond acceptors (Lipinski definition) is 8. The van der Waals surface area contributed by atoms with Gasteiger partial charge in [-0.3, -0.25) is 25.0 Å². The van der Waals surface area contributed by atoms with Crippen molar-refractivity contribution in [1.82, 2.24) is 4.98 Å². The highest BCUT2D eigenvalue weighted by molar-refractivity contribution is 5.74. The number of aromatic amines is 1. The quantitative estimate of drug-likeness (QED) is 0.412. The van der Waals surface area contributed by atoms with Crippen LogP contribution in [0.1, 0.15) is 33.7 Å². The van der Waals surface area contributed by atoms with Crippen LogP contribution in [0.4, 0.5) is 11.4 Å². The fourth-order valence-corrected chi connectivity index (χ4v) is 3.33. The van der Waals surface area contributed by atoms with E-state index < -0.39 is 26.7 Å². The highest BCUT2D eigenvalue weighted by atomic mass is 16.6. The number of nitro groups is 2. The number of aryl methyl sites for hydroxylation is 1. The molecule has 0 aliphatic carbocycles. The summed E-state index contributed by atoms with van der Waals surface area (Å²) in [5, 5.41) is 32.2. The van der Waals surface area contributed by atoms with Gasteiger partial charge in [-0.05, 0) is 49.8 Å². The van der Waals surface area contributed by atoms with Gasteiger partial charge in [0.2, 0.25) is 0 Å². The van der Waals surface area contributed by atoms with E-state index in [-0.39, 0.29) is 23.6 Å². The molecule has 1 N–H and O–H groups in total. The Balaban J connectivity index is 2.04. The Labute approximate surface area is 186 Å². The monoisotopic (exact) mass is 450 g/mol. The molecule has 0 bridgehead atoms. The van der Waals surface area contributed by atoms with Crippen LogP contribution in [-0.4, -0.2) is 21.9 Å². The number of hydrogen-bond donors (Lipinski definition) is 1. The largest absolute Gasteiger partial charge is 0.457 e. The van der Waals surface area contributed by atoms with Crippen LogP contribution < -0.4 is 5.56 Å². The SMILES string of the molecule is COCc1c([N+](=O)[O-])c(C=Cc2ccc(-c3cc(C)c(C)c([N+](=O)[O-])c3)o2)[nH]c(=O)c1C#N. The number of rotatable bonds is 7. The molecule has 168 valence electrons. The molecule has 3 aromatic rings. The molecule has 0 saturated carbocycles. The zero-order valence-corrected chi connectivity index (χ0v) is 17.9. The molecule has 33 heavy (non-hydrogen) atoms. The number of nitrogens with one attached hydrogen (secondary N) is 1. The molecule has 0 fully saturated rings. The number of nitriles is 1. The Kier molecular flexibility index (Phi) is 6.51. The minimum Gasteiger partial charge on any atom is -0.457 e. The zero-order valence-electron chi connectivity index (χ0n) is 17.9. The van der Waals surface area contributed by atoms with E-state index >= 15 is 0 Å². The first kappa shape index (κ1) is 23.1. The average Bonchev–Trinajstić information content (AvgIpc) is 3.23. The van der Waals surface area contributed by atoms with Crippen LogP contribution >= 0.6 is 0 Å². The number of methoxy groups -OCH3 is 1. The highest BCUT2D eigenvalue weighted by Gasteiger charge is 2.25. The Hall–Kier alpha value is -4.56. The lowest BCUT2D eigenvalue weighted by Crippen LogP contribution is -2.18. The predicted molar refractivity (Wildman–Crippen MR) is 118 cm³/mol. The van der Waals surface area contributed by atoms with Crippen LogP contribution in [0.3, 0.4) is 0 Å². The highest BCUT2D eigenvalue weighted by Crippen LogP contribution is 2.31. The summed E-state index contributed by atoms with van der Waals surface area (Å²) < 4.78 is 10.7. The molecular weight excluding hydrogens is 432 g/mol. The van der Waals surface area contributed by atoms with E-state index in [4.69, 9.17) is 9.15 Å². The third kappa shape index (κ3) is 4.56. The number of pyridine rings is 1. The summed E-state index contributed by atoms with van der Waals surface area (Å²) in [6.45, 7) is 3.13. The van der Waals surface area contributed by atoms with Crippen molar-refractivity contribution < 1.29 is 19.0 Å². The first-order valence-corrected chi connectivity index (χ1v) is 9.54. The van der Waals surface area contributed by atoms with Crippen molar-refractivity contribution in [3.8, 4) is 17.4 Å². The molecule has 0 spiro atoms. The van der Waals surface area contributed by atoms with Crippen molar-refractivity contribution in [3.63, 3.8) is 0 Å². The van der Waals surface area contributed by atoms with Crippen LogP contribution in [0.25, 0.3) is 23.5 Å². The number of H-pyrrole nitrogens is 1. The van der Waals surface area contributed by atoms with Crippen LogP contribution in [0.2, 0.25) is 0 Å². The fraction of sp³-hybridized carbons (Fsp3) is 0.182. The molecule has 0 aliphatic heterocycles. The number of furan rings is 1. The van der Waals surface area contributed by atoms with Crippen LogP contribution in [0.15, 0.2) is 33.5 Å². The summed E-state index contributed by atoms with van der Waals surface area (Å²) in [5.41, 5.74) is -0.134. The van der Waals surface area contributed by atoms with Crippen LogP contribution in [-0.2, 0) is 11.3 Å². The van der Waals surface area contributed by atoms with Gasteiger partial charge >= 0.3 is 0 Å². The molecule has 2 heterocycles. The molecule has 0 radical (unpaired) electrons. The van der Waals surface area contributed by atoms with E-state index in [2.05, 4.69) is 4.98 Å². The van der Waals surface area contributed by atoms with Gasteiger partial charge in [0, 0.05) is 24.3 Å². The van der Waals surface area contributed by atoms with Crippen molar-refractivity contribution in [3.05, 3.63) is 88.6 Å². The van der Waals surface area contributed by atoms with Crippen molar-refractivity contribution in [1.29, 1.82) is 5.26 Å². The normalized spacial score (nSPS) is 11.0. The third-order valence-electron chi connectivity index (χ3n) is 5.06. The second-order valence-electron chi connectivity index (χ2n) is 7.10. The molecule has 2 aromatic heterocycles. The summed E-state index contributed by atoms with van der Waals surface area (Å²) in [6, 6.07) is 8.03. The Morgan fingerprint density at radius 2 is 1.91 bits per heavy atom. The topological polar surface area (TPSA) is 165 Å². The van der Waals surface area contributed by atoms with E-state index in [0.29, 0.717) is 22.6 Å². The second-order valence-corrected chi connectivity index (χ2v) is 7.10. The molecule has 0 amide bonds. The van der Waals surface area contributed by atoms with E-state index in [0.717, 1.165) is 5.56 Å². The predicted octanol–water partition coefficient (Wildman–Crippen LogP) is 4.26. The maximum Gasteiger partial charge on any atom is 0.299 e. The summed E-state index contributed by atoms with van der Waals surface area (Å²) in [4.78, 5) is 36.3. The molecule has 0 unspecified atom stereocenters. The van der Waals surface area contributed by atoms with Crippen LogP contribution in [0, 0.1) is 45.4 Å². The van der Waals surface area contributed by atoms with Gasteiger partial charge in [0.05, 0.1) is 22.0 Å². The molecule has 3 rings (SSSR count). The number of benzene rings is 1. The lowest BCUT2D eigenvalue weighted by Gasteiger charge is -2.06. The van der Waals surface area contributed by atoms with Gasteiger partial charge in [0.15, 0.2) is 0 Å². The molecular formula is C22H18N4O7. The van der Waals surface area contributed by atoms with Gasteiger partial charge in [0.1, 0.15) is 28.8 Å². The minimum absolute atomic E-state index is 0.0325. The Bertz CT molecular complexity index is 1390. The molecule has 11 nitrogen and oxygen atoms in total. The minimum atomic E-state index is -0.780. The van der Waals surface area contributed by atoms with Gasteiger partial charge in [-0.1, -0.05) is 0 Å². The number of ether oxygens (including phenoxy) is 1. The van der Waals surface area contributed by atoms with Crippen LogP contribution in [0.5, 0.6) is 0 Å². The fourth-order valence-electron chi connectivity index (χ4n) is 3.33. The van der Waals surface area contributed by atoms with Gasteiger partial charge in [-0.15, -0.1) is 0 Å². The van der Waals surface area contributed by atoms with Gasteiger partial charge in [-0.2, -0.15) is 5.26 Å². The number of aromatic nitrogens is 1. The van der Waals surface area contributed by atoms with Crippen molar-refractivity contribution in [2.75, 3.05) is 7.11 Å². The molecule has 11 heteroatoms. The van der Waals surface area contributed by atoms with Gasteiger partial charge in [0.25, 0.3) is 16.9 Å². The standard InChI is InChI=1S/C22H18N4O7/c1-12-8-14(9-19(13(12)2)25(28)29)20-7-5-15(33-20)4-6-18-21(26(30)31)17(11-32-3)16(10-23)22(27)24-18/h4-9H,11H2,1-3H3,(H,24,27). The first-order valence-electron chi connectivity index (χ1n) is 9.54. The summed E-state index contributed by atoms with van der Waals surface area (Å²) in [7, 11) is 1.29. The summed E-state index contributed by atoms with van der Waals surface area (Å²) in [5.74, 6) is 0.655. The first-order chi connectivity index (χ1) is 15.7. The van der Waals surface area contributed by atoms with Crippen molar-refractivity contribution in [2.45, 2.75) is 20.5 Å². The lowest BCUT2D eigenvalue weighted by molar-refractivity contribution is -0.386. The third-order valence-corrected chi connectivity index (χ3v) is 5.06. The van der Waals surface area contributed by atoms with E-state index in [9.17, 15) is 30.3 Å². The smallest absolute Gasteiger partial charge is 0.299 e. The van der Waals surface area contributed by atoms with Gasteiger partial charge in [-0.25, -0.2) is 0 Å². The summed E-state index contributed by atoms with van der Waals surface area (Å²) in [6.07, 6.45) is 2.69. The Morgan fingerprint density at radius 1 is 1.18 bits per heavy atom. The maximum atomic E-state index is 12.2. The molecule has 1 aromatic carbocycles. The molecule has 0 saturated heterocycles. The van der Waals surface area contributed by atoms with Gasteiger partial charge < -0.3 is 14.1 Å². The molecule has 0 atom stereocenters. The lowest BCUT2D eigenvalue weighted by atomic mass is 10.0. The van der Waals surface area contributed by atoms with E-state index in [1.54, 1.807) is 38.1 Å². The van der Waals surface area contributed by atoms with E-state index in [1.807, 2.05) is 0 Å². The van der Waals surface area contributed by atoms with Crippen molar-refractivity contribution >= 4 is 23.5 Å². The zero-order chi connectivity index (χ0) is 24.3. The van der Waals surface area contributed by atoms with Crippen molar-refractivity contribution in [2.24, 2.45) is 0 Å². The number of nitro benzene ring substituents is 1. The van der Waals surface area contributed by atoms with E-state index in [1.165, 1.54) is 25.3 Å². The maximum absolute atomic E-state index is 12.2. The average molecular weight is 450 g/mol. The summed E-state index contributed by atoms with van der Waals surface area (Å²) >= 11 is 0. The second kappa shape index (κ2) is 9.29.